The molecule has 0 aliphatic heterocycles. The smallest absolute Gasteiger partial charge is 0.269 e. The molecule has 0 N–H and O–H groups in total. The third-order valence-electron chi connectivity index (χ3n) is 3.04. The van der Waals surface area contributed by atoms with Crippen molar-refractivity contribution in [2.24, 2.45) is 0 Å². The van der Waals surface area contributed by atoms with Crippen LogP contribution in [-0.4, -0.2) is 21.7 Å². The van der Waals surface area contributed by atoms with Gasteiger partial charge in [0.25, 0.3) is 5.89 Å². The van der Waals surface area contributed by atoms with E-state index in [0.29, 0.717) is 18.1 Å². The van der Waals surface area contributed by atoms with E-state index in [1.165, 1.54) is 17.4 Å². The maximum absolute atomic E-state index is 13.7. The molecule has 1 atom stereocenters. The highest BCUT2D eigenvalue weighted by Crippen LogP contribution is 2.31. The van der Waals surface area contributed by atoms with Crippen LogP contribution >= 0.6 is 11.3 Å². The molecular weight excluding hydrogens is 305 g/mol. The molecule has 0 aliphatic rings. The van der Waals surface area contributed by atoms with Gasteiger partial charge >= 0.3 is 0 Å². The first-order valence-corrected chi connectivity index (χ1v) is 7.67. The van der Waals surface area contributed by atoms with Crippen molar-refractivity contribution in [3.8, 4) is 22.2 Å². The van der Waals surface area contributed by atoms with Crippen molar-refractivity contribution in [2.45, 2.75) is 20.0 Å². The summed E-state index contributed by atoms with van der Waals surface area (Å²) in [5.41, 5.74) is 0.310. The molecule has 114 valence electrons. The van der Waals surface area contributed by atoms with E-state index < -0.39 is 0 Å². The summed E-state index contributed by atoms with van der Waals surface area (Å²) in [4.78, 5) is 9.28. The minimum Gasteiger partial charge on any atom is -0.372 e. The maximum atomic E-state index is 13.7. The zero-order valence-corrected chi connectivity index (χ0v) is 12.9. The number of hydrogen-bond acceptors (Lipinski definition) is 6. The van der Waals surface area contributed by atoms with Gasteiger partial charge in [-0.3, -0.25) is 0 Å². The van der Waals surface area contributed by atoms with Crippen molar-refractivity contribution < 1.29 is 13.7 Å². The van der Waals surface area contributed by atoms with E-state index >= 15 is 0 Å². The van der Waals surface area contributed by atoms with Crippen LogP contribution < -0.4 is 0 Å². The van der Waals surface area contributed by atoms with Crippen molar-refractivity contribution in [1.29, 1.82) is 0 Å². The van der Waals surface area contributed by atoms with Crippen LogP contribution in [0.5, 0.6) is 0 Å². The first kappa shape index (κ1) is 14.8. The Labute approximate surface area is 130 Å². The summed E-state index contributed by atoms with van der Waals surface area (Å²) in [6, 6.07) is 6.31. The van der Waals surface area contributed by atoms with Gasteiger partial charge in [-0.15, -0.1) is 11.3 Å². The molecule has 22 heavy (non-hydrogen) atoms. The third-order valence-corrected chi connectivity index (χ3v) is 4.19. The van der Waals surface area contributed by atoms with Crippen LogP contribution in [0.15, 0.2) is 35.0 Å². The van der Waals surface area contributed by atoms with Gasteiger partial charge in [0.05, 0.1) is 11.8 Å². The Morgan fingerprint density at radius 1 is 1.36 bits per heavy atom. The normalized spacial score (nSPS) is 12.5. The van der Waals surface area contributed by atoms with E-state index in [1.54, 1.807) is 24.4 Å². The van der Waals surface area contributed by atoms with Gasteiger partial charge in [0.1, 0.15) is 21.8 Å². The summed E-state index contributed by atoms with van der Waals surface area (Å²) < 4.78 is 24.4. The molecule has 0 bridgehead atoms. The molecule has 0 saturated carbocycles. The van der Waals surface area contributed by atoms with Crippen molar-refractivity contribution >= 4 is 11.3 Å². The quantitative estimate of drug-likeness (QED) is 0.708. The average molecular weight is 319 g/mol. The van der Waals surface area contributed by atoms with Crippen LogP contribution in [0.1, 0.15) is 25.0 Å². The lowest BCUT2D eigenvalue weighted by Crippen LogP contribution is -1.97. The van der Waals surface area contributed by atoms with E-state index in [0.717, 1.165) is 9.88 Å². The summed E-state index contributed by atoms with van der Waals surface area (Å²) in [7, 11) is 0. The predicted octanol–water partition coefficient (Wildman–Crippen LogP) is 4.10. The minimum absolute atomic E-state index is 0.0855. The van der Waals surface area contributed by atoms with Gasteiger partial charge in [0, 0.05) is 6.61 Å². The van der Waals surface area contributed by atoms with Crippen LogP contribution in [0.25, 0.3) is 22.2 Å². The molecular formula is C15H14FN3O2S. The number of hydrogen-bond donors (Lipinski definition) is 0. The lowest BCUT2D eigenvalue weighted by atomic mass is 10.2. The number of nitrogens with zero attached hydrogens (tertiary/aromatic N) is 3. The fraction of sp³-hybridized carbons (Fsp3) is 0.267. The highest BCUT2D eigenvalue weighted by atomic mass is 32.1. The molecule has 2 heterocycles. The first-order chi connectivity index (χ1) is 10.7. The monoisotopic (exact) mass is 319 g/mol. The van der Waals surface area contributed by atoms with E-state index in [9.17, 15) is 4.39 Å². The third kappa shape index (κ3) is 2.90. The number of ether oxygens (including phenoxy) is 1. The Bertz CT molecular complexity index is 772. The fourth-order valence-corrected chi connectivity index (χ4v) is 2.81. The predicted molar refractivity (Wildman–Crippen MR) is 80.8 cm³/mol. The second-order valence-corrected chi connectivity index (χ2v) is 5.63. The molecule has 0 saturated heterocycles. The highest BCUT2D eigenvalue weighted by Gasteiger charge is 2.17. The maximum Gasteiger partial charge on any atom is 0.269 e. The summed E-state index contributed by atoms with van der Waals surface area (Å²) in [5, 5.41) is 4.67. The molecule has 1 unspecified atom stereocenters. The largest absolute Gasteiger partial charge is 0.372 e. The molecule has 1 aromatic carbocycles. The standard InChI is InChI=1S/C15H14FN3O2S/c1-3-20-9(2)15-17-8-12(22-15)14-18-13(19-21-14)10-6-4-5-7-11(10)16/h4-9H,3H2,1-2H3. The van der Waals surface area contributed by atoms with Gasteiger partial charge in [-0.2, -0.15) is 4.98 Å². The SMILES string of the molecule is CCOC(C)c1ncc(-c2nc(-c3ccccc3F)no2)s1. The summed E-state index contributed by atoms with van der Waals surface area (Å²) in [6.07, 6.45) is 1.58. The van der Waals surface area contributed by atoms with Crippen molar-refractivity contribution in [3.05, 3.63) is 41.3 Å². The summed E-state index contributed by atoms with van der Waals surface area (Å²) in [6.45, 7) is 4.49. The number of aromatic nitrogens is 3. The topological polar surface area (TPSA) is 61.0 Å². The van der Waals surface area contributed by atoms with Gasteiger partial charge in [-0.25, -0.2) is 9.37 Å². The minimum atomic E-state index is -0.384. The molecule has 3 rings (SSSR count). The Morgan fingerprint density at radius 3 is 2.95 bits per heavy atom. The molecule has 0 radical (unpaired) electrons. The van der Waals surface area contributed by atoms with E-state index in [1.807, 2.05) is 13.8 Å². The van der Waals surface area contributed by atoms with Crippen LogP contribution in [0.3, 0.4) is 0 Å². The number of halogens is 1. The lowest BCUT2D eigenvalue weighted by Gasteiger charge is -2.06. The van der Waals surface area contributed by atoms with Crippen LogP contribution in [0, 0.1) is 5.82 Å². The van der Waals surface area contributed by atoms with Crippen molar-refractivity contribution in [3.63, 3.8) is 0 Å². The summed E-state index contributed by atoms with van der Waals surface area (Å²) >= 11 is 1.42. The van der Waals surface area contributed by atoms with Crippen LogP contribution in [-0.2, 0) is 4.74 Å². The van der Waals surface area contributed by atoms with Crippen LogP contribution in [0.2, 0.25) is 0 Å². The molecule has 7 heteroatoms. The molecule has 0 fully saturated rings. The van der Waals surface area contributed by atoms with E-state index in [-0.39, 0.29) is 17.7 Å². The van der Waals surface area contributed by atoms with E-state index in [4.69, 9.17) is 9.26 Å². The molecule has 0 aliphatic carbocycles. The number of thiazole rings is 1. The highest BCUT2D eigenvalue weighted by molar-refractivity contribution is 7.15. The Kier molecular flexibility index (Phi) is 4.26. The zero-order valence-electron chi connectivity index (χ0n) is 12.1. The van der Waals surface area contributed by atoms with E-state index in [2.05, 4.69) is 15.1 Å². The molecule has 5 nitrogen and oxygen atoms in total. The van der Waals surface area contributed by atoms with Crippen LogP contribution in [0.4, 0.5) is 4.39 Å². The van der Waals surface area contributed by atoms with Gasteiger partial charge in [-0.1, -0.05) is 17.3 Å². The fourth-order valence-electron chi connectivity index (χ4n) is 1.97. The Hall–Kier alpha value is -2.12. The lowest BCUT2D eigenvalue weighted by molar-refractivity contribution is 0.0762. The molecule has 3 aromatic rings. The van der Waals surface area contributed by atoms with Gasteiger partial charge in [-0.05, 0) is 26.0 Å². The average Bonchev–Trinajstić information content (AvgIpc) is 3.17. The Balaban J connectivity index is 1.87. The second kappa shape index (κ2) is 6.33. The van der Waals surface area contributed by atoms with Crippen molar-refractivity contribution in [2.75, 3.05) is 6.61 Å². The summed E-state index contributed by atoms with van der Waals surface area (Å²) in [5.74, 6) is 0.163. The van der Waals surface area contributed by atoms with Crippen molar-refractivity contribution in [1.82, 2.24) is 15.1 Å². The molecule has 0 spiro atoms. The van der Waals surface area contributed by atoms with Gasteiger partial charge < -0.3 is 9.26 Å². The van der Waals surface area contributed by atoms with Gasteiger partial charge in [0.2, 0.25) is 5.82 Å². The molecule has 2 aromatic heterocycles. The van der Waals surface area contributed by atoms with Gasteiger partial charge in [0.15, 0.2) is 0 Å². The number of rotatable bonds is 5. The molecule has 0 amide bonds. The second-order valence-electron chi connectivity index (χ2n) is 4.56. The Morgan fingerprint density at radius 2 is 2.18 bits per heavy atom. The number of benzene rings is 1. The first-order valence-electron chi connectivity index (χ1n) is 6.85. The zero-order chi connectivity index (χ0) is 15.5.